The SMILES string of the molecule is CCCCOc1ccc(C2/C(=C(\O)c3ccc4c(c3)CC(C)O4)C(=O)C(=O)N2CCN(CC)CC)cc1. The van der Waals surface area contributed by atoms with Crippen molar-refractivity contribution in [3.8, 4) is 11.5 Å². The van der Waals surface area contributed by atoms with Gasteiger partial charge in [0.25, 0.3) is 11.7 Å². The topological polar surface area (TPSA) is 79.3 Å². The Bertz CT molecular complexity index is 1150. The summed E-state index contributed by atoms with van der Waals surface area (Å²) in [4.78, 5) is 30.4. The van der Waals surface area contributed by atoms with Crippen molar-refractivity contribution in [1.82, 2.24) is 9.80 Å². The molecule has 2 aromatic rings. The molecule has 2 aromatic carbocycles. The standard InChI is InChI=1S/C30H38N2O5/c1-5-8-17-36-24-12-9-21(10-13-24)27-26(29(34)30(35)32(27)16-15-31(6-2)7-3)28(33)22-11-14-25-23(19-22)18-20(4)37-25/h9-14,19-20,27,33H,5-8,15-18H2,1-4H3/b28-26+. The summed E-state index contributed by atoms with van der Waals surface area (Å²) in [6.45, 7) is 11.6. The minimum absolute atomic E-state index is 0.0658. The fourth-order valence-corrected chi connectivity index (χ4v) is 5.05. The maximum Gasteiger partial charge on any atom is 0.295 e. The Labute approximate surface area is 219 Å². The van der Waals surface area contributed by atoms with Crippen LogP contribution in [0.4, 0.5) is 0 Å². The molecule has 1 amide bonds. The van der Waals surface area contributed by atoms with Gasteiger partial charge in [-0.1, -0.05) is 39.3 Å². The summed E-state index contributed by atoms with van der Waals surface area (Å²) < 4.78 is 11.6. The molecule has 2 aliphatic heterocycles. The van der Waals surface area contributed by atoms with Crippen molar-refractivity contribution in [2.24, 2.45) is 0 Å². The second-order valence-electron chi connectivity index (χ2n) is 9.75. The number of hydrogen-bond donors (Lipinski definition) is 1. The van der Waals surface area contributed by atoms with E-state index >= 15 is 0 Å². The number of benzene rings is 2. The summed E-state index contributed by atoms with van der Waals surface area (Å²) in [5.41, 5.74) is 2.39. The van der Waals surface area contributed by atoms with Gasteiger partial charge in [-0.3, -0.25) is 9.59 Å². The van der Waals surface area contributed by atoms with Crippen molar-refractivity contribution in [2.75, 3.05) is 32.8 Å². The van der Waals surface area contributed by atoms with Crippen LogP contribution in [0.1, 0.15) is 63.3 Å². The average molecular weight is 507 g/mol. The van der Waals surface area contributed by atoms with Crippen LogP contribution in [0, 0.1) is 0 Å². The monoisotopic (exact) mass is 506 g/mol. The summed E-state index contributed by atoms with van der Waals surface area (Å²) in [5.74, 6) is 0.138. The molecule has 7 heteroatoms. The lowest BCUT2D eigenvalue weighted by Gasteiger charge is -2.28. The van der Waals surface area contributed by atoms with Gasteiger partial charge in [0.1, 0.15) is 23.4 Å². The highest BCUT2D eigenvalue weighted by atomic mass is 16.5. The van der Waals surface area contributed by atoms with Crippen molar-refractivity contribution in [2.45, 2.75) is 59.1 Å². The zero-order valence-corrected chi connectivity index (χ0v) is 22.3. The third kappa shape index (κ3) is 5.67. The van der Waals surface area contributed by atoms with E-state index in [1.165, 1.54) is 0 Å². The molecular weight excluding hydrogens is 468 g/mol. The van der Waals surface area contributed by atoms with Crippen LogP contribution >= 0.6 is 0 Å². The molecule has 7 nitrogen and oxygen atoms in total. The van der Waals surface area contributed by atoms with Crippen LogP contribution in [-0.4, -0.2) is 65.5 Å². The normalized spacial score (nSPS) is 20.4. The number of nitrogens with zero attached hydrogens (tertiary/aromatic N) is 2. The third-order valence-corrected chi connectivity index (χ3v) is 7.22. The predicted octanol–water partition coefficient (Wildman–Crippen LogP) is 4.95. The van der Waals surface area contributed by atoms with Crippen LogP contribution in [0.15, 0.2) is 48.0 Å². The van der Waals surface area contributed by atoms with Gasteiger partial charge in [0.05, 0.1) is 18.2 Å². The second-order valence-corrected chi connectivity index (χ2v) is 9.75. The molecule has 0 aromatic heterocycles. The molecule has 4 rings (SSSR count). The largest absolute Gasteiger partial charge is 0.507 e. The zero-order chi connectivity index (χ0) is 26.5. The van der Waals surface area contributed by atoms with Gasteiger partial charge in [-0.15, -0.1) is 0 Å². The van der Waals surface area contributed by atoms with Gasteiger partial charge in [-0.25, -0.2) is 0 Å². The molecule has 0 aliphatic carbocycles. The highest BCUT2D eigenvalue weighted by Crippen LogP contribution is 2.41. The fourth-order valence-electron chi connectivity index (χ4n) is 5.05. The Kier molecular flexibility index (Phi) is 8.54. The number of carbonyl (C=O) groups is 2. The lowest BCUT2D eigenvalue weighted by atomic mass is 9.94. The number of ether oxygens (including phenoxy) is 2. The number of hydrogen-bond acceptors (Lipinski definition) is 6. The van der Waals surface area contributed by atoms with E-state index in [-0.39, 0.29) is 17.4 Å². The van der Waals surface area contributed by atoms with Crippen molar-refractivity contribution < 1.29 is 24.2 Å². The van der Waals surface area contributed by atoms with Gasteiger partial charge in [-0.05, 0) is 67.9 Å². The molecule has 2 aliphatic rings. The van der Waals surface area contributed by atoms with Gasteiger partial charge in [-0.2, -0.15) is 0 Å². The molecule has 1 N–H and O–H groups in total. The Morgan fingerprint density at radius 1 is 1.11 bits per heavy atom. The van der Waals surface area contributed by atoms with Crippen molar-refractivity contribution in [3.05, 3.63) is 64.7 Å². The number of aliphatic hydroxyl groups excluding tert-OH is 1. The lowest BCUT2D eigenvalue weighted by molar-refractivity contribution is -0.140. The summed E-state index contributed by atoms with van der Waals surface area (Å²) in [5, 5.41) is 11.4. The predicted molar refractivity (Wildman–Crippen MR) is 144 cm³/mol. The summed E-state index contributed by atoms with van der Waals surface area (Å²) in [6, 6.07) is 12.2. The Morgan fingerprint density at radius 3 is 2.51 bits per heavy atom. The Balaban J connectivity index is 1.72. The molecule has 0 bridgehead atoms. The number of amides is 1. The fraction of sp³-hybridized carbons (Fsp3) is 0.467. The van der Waals surface area contributed by atoms with Crippen LogP contribution in [0.2, 0.25) is 0 Å². The number of aliphatic hydroxyl groups is 1. The first-order chi connectivity index (χ1) is 17.9. The molecule has 198 valence electrons. The van der Waals surface area contributed by atoms with Crippen LogP contribution in [0.25, 0.3) is 5.76 Å². The average Bonchev–Trinajstić information content (AvgIpc) is 3.40. The molecular formula is C30H38N2O5. The molecule has 0 saturated carbocycles. The Morgan fingerprint density at radius 2 is 1.84 bits per heavy atom. The number of Topliss-reactive ketones (excluding diaryl/α,β-unsaturated/α-hetero) is 1. The smallest absolute Gasteiger partial charge is 0.295 e. The zero-order valence-electron chi connectivity index (χ0n) is 22.3. The van der Waals surface area contributed by atoms with Gasteiger partial charge in [0.15, 0.2) is 0 Å². The molecule has 37 heavy (non-hydrogen) atoms. The van der Waals surface area contributed by atoms with E-state index < -0.39 is 17.7 Å². The van der Waals surface area contributed by atoms with Gasteiger partial charge >= 0.3 is 0 Å². The highest BCUT2D eigenvalue weighted by Gasteiger charge is 2.46. The second kappa shape index (κ2) is 11.8. The first-order valence-corrected chi connectivity index (χ1v) is 13.4. The maximum absolute atomic E-state index is 13.4. The number of carbonyl (C=O) groups excluding carboxylic acids is 2. The number of likely N-dealkylation sites (tertiary alicyclic amines) is 1. The van der Waals surface area contributed by atoms with Crippen LogP contribution in [-0.2, 0) is 16.0 Å². The third-order valence-electron chi connectivity index (χ3n) is 7.22. The molecule has 0 radical (unpaired) electrons. The first-order valence-electron chi connectivity index (χ1n) is 13.4. The molecule has 1 fully saturated rings. The minimum Gasteiger partial charge on any atom is -0.507 e. The van der Waals surface area contributed by atoms with Crippen LogP contribution in [0.3, 0.4) is 0 Å². The summed E-state index contributed by atoms with van der Waals surface area (Å²) >= 11 is 0. The van der Waals surface area contributed by atoms with Gasteiger partial charge in [0, 0.05) is 25.1 Å². The molecule has 0 spiro atoms. The van der Waals surface area contributed by atoms with E-state index in [1.807, 2.05) is 43.3 Å². The molecule has 2 unspecified atom stereocenters. The van der Waals surface area contributed by atoms with Gasteiger partial charge in [0.2, 0.25) is 0 Å². The highest BCUT2D eigenvalue weighted by molar-refractivity contribution is 6.46. The molecule has 1 saturated heterocycles. The quantitative estimate of drug-likeness (QED) is 0.201. The number of fused-ring (bicyclic) bond motifs is 1. The number of ketones is 1. The van der Waals surface area contributed by atoms with Crippen LogP contribution < -0.4 is 9.47 Å². The maximum atomic E-state index is 13.4. The van der Waals surface area contributed by atoms with E-state index in [0.29, 0.717) is 25.3 Å². The van der Waals surface area contributed by atoms with E-state index in [9.17, 15) is 14.7 Å². The van der Waals surface area contributed by atoms with Crippen molar-refractivity contribution in [3.63, 3.8) is 0 Å². The van der Waals surface area contributed by atoms with Crippen molar-refractivity contribution >= 4 is 17.4 Å². The van der Waals surface area contributed by atoms with E-state index in [2.05, 4.69) is 25.7 Å². The number of rotatable bonds is 11. The number of unbranched alkanes of at least 4 members (excludes halogenated alkanes) is 1. The minimum atomic E-state index is -0.677. The molecule has 2 atom stereocenters. The first kappa shape index (κ1) is 26.7. The van der Waals surface area contributed by atoms with E-state index in [4.69, 9.17) is 9.47 Å². The van der Waals surface area contributed by atoms with Crippen LogP contribution in [0.5, 0.6) is 11.5 Å². The lowest BCUT2D eigenvalue weighted by Crippen LogP contribution is -2.38. The van der Waals surface area contributed by atoms with Gasteiger partial charge < -0.3 is 24.4 Å². The van der Waals surface area contributed by atoms with Crippen molar-refractivity contribution in [1.29, 1.82) is 0 Å². The number of likely N-dealkylation sites (N-methyl/N-ethyl adjacent to an activating group) is 1. The summed E-state index contributed by atoms with van der Waals surface area (Å²) in [6.07, 6.45) is 2.82. The Hall–Kier alpha value is -3.32. The van der Waals surface area contributed by atoms with E-state index in [0.717, 1.165) is 55.0 Å². The molecule has 2 heterocycles. The van der Waals surface area contributed by atoms with E-state index in [1.54, 1.807) is 11.0 Å². The summed E-state index contributed by atoms with van der Waals surface area (Å²) in [7, 11) is 0.